The van der Waals surface area contributed by atoms with Crippen molar-refractivity contribution in [3.8, 4) is 0 Å². The maximum absolute atomic E-state index is 13.2. The van der Waals surface area contributed by atoms with E-state index in [1.807, 2.05) is 0 Å². The van der Waals surface area contributed by atoms with Crippen molar-refractivity contribution >= 4 is 12.2 Å². The lowest BCUT2D eigenvalue weighted by atomic mass is 10.2. The molecule has 2 aromatic carbocycles. The van der Waals surface area contributed by atoms with Crippen LogP contribution >= 0.6 is 0 Å². The number of carbonyl (C=O) groups excluding carboxylic acids is 1. The first-order valence-corrected chi connectivity index (χ1v) is 5.41. The molecule has 0 N–H and O–H groups in total. The van der Waals surface area contributed by atoms with E-state index in [4.69, 9.17) is 0 Å². The van der Waals surface area contributed by atoms with E-state index in [1.54, 1.807) is 30.3 Å². The fraction of sp³-hybridized carbons (Fsp3) is 0. The van der Waals surface area contributed by atoms with E-state index < -0.39 is 17.6 Å². The maximum atomic E-state index is 13.2. The van der Waals surface area contributed by atoms with Crippen LogP contribution in [0.4, 0.5) is 8.78 Å². The van der Waals surface area contributed by atoms with Gasteiger partial charge in [-0.2, -0.15) is 0 Å². The second-order valence-corrected chi connectivity index (χ2v) is 3.65. The van der Waals surface area contributed by atoms with E-state index >= 15 is 0 Å². The summed E-state index contributed by atoms with van der Waals surface area (Å²) in [6.45, 7) is 0. The lowest BCUT2D eigenvalue weighted by molar-refractivity contribution is 0.0519. The van der Waals surface area contributed by atoms with Crippen LogP contribution in [0.15, 0.2) is 53.7 Å². The average Bonchev–Trinajstić information content (AvgIpc) is 2.42. The Labute approximate surface area is 108 Å². The number of carbonyl (C=O) groups is 1. The summed E-state index contributed by atoms with van der Waals surface area (Å²) in [5.74, 6) is -2.12. The highest BCUT2D eigenvalue weighted by Crippen LogP contribution is 2.07. The summed E-state index contributed by atoms with van der Waals surface area (Å²) < 4.78 is 25.9. The third kappa shape index (κ3) is 3.45. The van der Waals surface area contributed by atoms with Crippen LogP contribution in [0.25, 0.3) is 0 Å². The van der Waals surface area contributed by atoms with Crippen molar-refractivity contribution in [1.82, 2.24) is 0 Å². The van der Waals surface area contributed by atoms with Crippen molar-refractivity contribution in [3.05, 3.63) is 71.3 Å². The van der Waals surface area contributed by atoms with Gasteiger partial charge in [0.15, 0.2) is 0 Å². The lowest BCUT2D eigenvalue weighted by Gasteiger charge is -1.98. The Morgan fingerprint density at radius 3 is 2.53 bits per heavy atom. The number of hydrogen-bond acceptors (Lipinski definition) is 3. The van der Waals surface area contributed by atoms with Crippen molar-refractivity contribution < 1.29 is 18.4 Å². The van der Waals surface area contributed by atoms with E-state index in [-0.39, 0.29) is 5.56 Å². The molecule has 5 heteroatoms. The van der Waals surface area contributed by atoms with E-state index in [9.17, 15) is 13.6 Å². The molecule has 0 amide bonds. The van der Waals surface area contributed by atoms with Gasteiger partial charge < -0.3 is 4.84 Å². The molecule has 0 aliphatic heterocycles. The van der Waals surface area contributed by atoms with Crippen LogP contribution in [-0.2, 0) is 4.84 Å². The molecule has 0 unspecified atom stereocenters. The zero-order valence-corrected chi connectivity index (χ0v) is 9.72. The highest BCUT2D eigenvalue weighted by molar-refractivity contribution is 5.90. The number of benzene rings is 2. The zero-order valence-electron chi connectivity index (χ0n) is 9.72. The van der Waals surface area contributed by atoms with E-state index in [0.717, 1.165) is 18.3 Å². The molecule has 2 rings (SSSR count). The number of oxime groups is 1. The first-order chi connectivity index (χ1) is 9.16. The van der Waals surface area contributed by atoms with Gasteiger partial charge in [-0.15, -0.1) is 0 Å². The third-order valence-corrected chi connectivity index (χ3v) is 2.30. The highest BCUT2D eigenvalue weighted by Gasteiger charge is 2.05. The maximum Gasteiger partial charge on any atom is 0.365 e. The summed E-state index contributed by atoms with van der Waals surface area (Å²) in [4.78, 5) is 16.1. The molecule has 2 aromatic rings. The topological polar surface area (TPSA) is 38.7 Å². The molecule has 0 heterocycles. The summed E-state index contributed by atoms with van der Waals surface area (Å²) in [7, 11) is 0. The van der Waals surface area contributed by atoms with Gasteiger partial charge in [0, 0.05) is 11.6 Å². The molecule has 0 saturated heterocycles. The summed E-state index contributed by atoms with van der Waals surface area (Å²) in [5.41, 5.74) is 0.362. The Morgan fingerprint density at radius 1 is 1.11 bits per heavy atom. The molecule has 0 aromatic heterocycles. The van der Waals surface area contributed by atoms with Gasteiger partial charge in [-0.3, -0.25) is 0 Å². The van der Waals surface area contributed by atoms with E-state index in [1.165, 1.54) is 6.07 Å². The van der Waals surface area contributed by atoms with Gasteiger partial charge in [-0.1, -0.05) is 23.4 Å². The minimum Gasteiger partial charge on any atom is -0.313 e. The molecule has 96 valence electrons. The minimum absolute atomic E-state index is 0.0299. The summed E-state index contributed by atoms with van der Waals surface area (Å²) in [5, 5.41) is 3.37. The Balaban J connectivity index is 2.02. The molecule has 0 fully saturated rings. The van der Waals surface area contributed by atoms with Gasteiger partial charge in [0.05, 0.1) is 11.8 Å². The quantitative estimate of drug-likeness (QED) is 0.483. The van der Waals surface area contributed by atoms with Crippen molar-refractivity contribution in [2.75, 3.05) is 0 Å². The van der Waals surface area contributed by atoms with Crippen LogP contribution in [-0.4, -0.2) is 12.2 Å². The predicted molar refractivity (Wildman–Crippen MR) is 65.8 cm³/mol. The molecule has 0 saturated carbocycles. The fourth-order valence-corrected chi connectivity index (χ4v) is 1.36. The lowest BCUT2D eigenvalue weighted by Crippen LogP contribution is -2.00. The van der Waals surface area contributed by atoms with Gasteiger partial charge in [0.25, 0.3) is 0 Å². The molecule has 0 aliphatic rings. The number of hydrogen-bond donors (Lipinski definition) is 0. The largest absolute Gasteiger partial charge is 0.365 e. The van der Waals surface area contributed by atoms with Crippen LogP contribution < -0.4 is 0 Å². The molecule has 19 heavy (non-hydrogen) atoms. The number of rotatable bonds is 3. The molecular weight excluding hydrogens is 252 g/mol. The van der Waals surface area contributed by atoms with Crippen molar-refractivity contribution in [1.29, 1.82) is 0 Å². The zero-order chi connectivity index (χ0) is 13.7. The minimum atomic E-state index is -0.778. The smallest absolute Gasteiger partial charge is 0.313 e. The Hall–Kier alpha value is -2.56. The third-order valence-electron chi connectivity index (χ3n) is 2.30. The Kier molecular flexibility index (Phi) is 3.97. The average molecular weight is 261 g/mol. The predicted octanol–water partition coefficient (Wildman–Crippen LogP) is 3.16. The molecule has 3 nitrogen and oxygen atoms in total. The molecule has 0 radical (unpaired) electrons. The van der Waals surface area contributed by atoms with Crippen LogP contribution in [0.5, 0.6) is 0 Å². The number of halogens is 2. The second-order valence-electron chi connectivity index (χ2n) is 3.65. The fourth-order valence-electron chi connectivity index (χ4n) is 1.36. The monoisotopic (exact) mass is 261 g/mol. The van der Waals surface area contributed by atoms with Crippen LogP contribution in [0.2, 0.25) is 0 Å². The molecular formula is C14H9F2NO2. The van der Waals surface area contributed by atoms with Gasteiger partial charge >= 0.3 is 5.97 Å². The summed E-state index contributed by atoms with van der Waals surface area (Å²) in [6.07, 6.45) is 1.01. The van der Waals surface area contributed by atoms with Gasteiger partial charge in [-0.25, -0.2) is 13.6 Å². The second kappa shape index (κ2) is 5.86. The first kappa shape index (κ1) is 12.9. The van der Waals surface area contributed by atoms with Crippen molar-refractivity contribution in [3.63, 3.8) is 0 Å². The molecule has 0 bridgehead atoms. The van der Waals surface area contributed by atoms with Gasteiger partial charge in [0.1, 0.15) is 11.6 Å². The normalized spacial score (nSPS) is 10.6. The highest BCUT2D eigenvalue weighted by atomic mass is 19.1. The van der Waals surface area contributed by atoms with Gasteiger partial charge in [0.2, 0.25) is 0 Å². The van der Waals surface area contributed by atoms with Crippen molar-refractivity contribution in [2.45, 2.75) is 0 Å². The van der Waals surface area contributed by atoms with Crippen LogP contribution in [0.3, 0.4) is 0 Å². The summed E-state index contributed by atoms with van der Waals surface area (Å²) >= 11 is 0. The van der Waals surface area contributed by atoms with Gasteiger partial charge in [-0.05, 0) is 24.3 Å². The molecule has 0 atom stereocenters. The SMILES string of the molecule is O=C(ON=Cc1ccc(F)cc1F)c1ccccc1. The van der Waals surface area contributed by atoms with E-state index in [0.29, 0.717) is 5.56 Å². The Bertz CT molecular complexity index is 612. The van der Waals surface area contributed by atoms with Crippen LogP contribution in [0, 0.1) is 11.6 Å². The first-order valence-electron chi connectivity index (χ1n) is 5.41. The molecule has 0 spiro atoms. The van der Waals surface area contributed by atoms with Crippen LogP contribution in [0.1, 0.15) is 15.9 Å². The van der Waals surface area contributed by atoms with Crippen molar-refractivity contribution in [2.24, 2.45) is 5.16 Å². The summed E-state index contributed by atoms with van der Waals surface area (Å²) in [6, 6.07) is 11.3. The molecule has 0 aliphatic carbocycles. The Morgan fingerprint density at radius 2 is 1.84 bits per heavy atom. The standard InChI is InChI=1S/C14H9F2NO2/c15-12-7-6-11(13(16)8-12)9-17-19-14(18)10-4-2-1-3-5-10/h1-9H. The number of nitrogens with zero attached hydrogens (tertiary/aromatic N) is 1. The van der Waals surface area contributed by atoms with E-state index in [2.05, 4.69) is 9.99 Å².